The van der Waals surface area contributed by atoms with Crippen LogP contribution >= 0.6 is 0 Å². The number of amides is 2. The van der Waals surface area contributed by atoms with E-state index in [1.807, 2.05) is 0 Å². The number of hydrazine groups is 1. The van der Waals surface area contributed by atoms with Crippen molar-refractivity contribution in [3.63, 3.8) is 0 Å². The number of ether oxygens (including phenoxy) is 1. The Bertz CT molecular complexity index is 266. The fraction of sp³-hybridized carbons (Fsp3) is 0.500. The maximum Gasteiger partial charge on any atom is 0.429 e. The zero-order valence-electron chi connectivity index (χ0n) is 7.84. The smallest absolute Gasteiger partial charge is 0.429 e. The van der Waals surface area contributed by atoms with Crippen molar-refractivity contribution in [3.05, 3.63) is 12.7 Å². The van der Waals surface area contributed by atoms with E-state index in [0.29, 0.717) is 0 Å². The lowest BCUT2D eigenvalue weighted by molar-refractivity contribution is -0.138. The Labute approximate surface area is 81.3 Å². The van der Waals surface area contributed by atoms with E-state index in [4.69, 9.17) is 9.84 Å². The first-order valence-corrected chi connectivity index (χ1v) is 4.08. The van der Waals surface area contributed by atoms with Crippen LogP contribution in [0.5, 0.6) is 0 Å². The van der Waals surface area contributed by atoms with Crippen LogP contribution in [-0.2, 0) is 9.53 Å². The van der Waals surface area contributed by atoms with Crippen molar-refractivity contribution in [3.8, 4) is 0 Å². The first kappa shape index (κ1) is 10.5. The Morgan fingerprint density at radius 1 is 1.86 bits per heavy atom. The normalized spacial score (nSPS) is 21.3. The Balaban J connectivity index is 2.57. The Kier molecular flexibility index (Phi) is 3.08. The zero-order valence-corrected chi connectivity index (χ0v) is 7.84. The minimum Gasteiger partial charge on any atom is -0.444 e. The van der Waals surface area contributed by atoms with Crippen molar-refractivity contribution < 1.29 is 19.4 Å². The molecule has 1 atom stereocenters. The number of rotatable bonds is 2. The van der Waals surface area contributed by atoms with Gasteiger partial charge in [0.25, 0.3) is 5.91 Å². The molecule has 1 aliphatic rings. The van der Waals surface area contributed by atoms with Gasteiger partial charge in [0.15, 0.2) is 6.10 Å². The minimum atomic E-state index is -1.16. The zero-order chi connectivity index (χ0) is 10.7. The summed E-state index contributed by atoms with van der Waals surface area (Å²) < 4.78 is 4.71. The highest BCUT2D eigenvalue weighted by atomic mass is 16.6. The van der Waals surface area contributed by atoms with Crippen LogP contribution in [0.2, 0.25) is 0 Å². The van der Waals surface area contributed by atoms with Crippen LogP contribution in [0, 0.1) is 0 Å². The maximum absolute atomic E-state index is 11.3. The number of carbonyl (C=O) groups is 2. The van der Waals surface area contributed by atoms with Crippen LogP contribution in [0.25, 0.3) is 0 Å². The summed E-state index contributed by atoms with van der Waals surface area (Å²) in [5.74, 6) is -0.513. The summed E-state index contributed by atoms with van der Waals surface area (Å²) in [5, 5.41) is 11.2. The van der Waals surface area contributed by atoms with Gasteiger partial charge >= 0.3 is 6.09 Å². The van der Waals surface area contributed by atoms with Gasteiger partial charge in [-0.3, -0.25) is 4.79 Å². The van der Waals surface area contributed by atoms with Gasteiger partial charge in [-0.2, -0.15) is 0 Å². The Morgan fingerprint density at radius 3 is 2.93 bits per heavy atom. The molecule has 1 fully saturated rings. The van der Waals surface area contributed by atoms with Crippen LogP contribution < -0.4 is 0 Å². The summed E-state index contributed by atoms with van der Waals surface area (Å²) >= 11 is 0. The van der Waals surface area contributed by atoms with Gasteiger partial charge in [-0.05, 0) is 0 Å². The molecule has 0 aromatic rings. The molecular weight excluding hydrogens is 188 g/mol. The molecule has 0 spiro atoms. The second-order valence-corrected chi connectivity index (χ2v) is 2.83. The molecule has 1 saturated heterocycles. The SMILES string of the molecule is C=CCOC(=O)N1CC(O)C(=O)N1C. The van der Waals surface area contributed by atoms with Crippen molar-refractivity contribution in [1.82, 2.24) is 10.0 Å². The van der Waals surface area contributed by atoms with Gasteiger partial charge in [-0.1, -0.05) is 12.7 Å². The summed E-state index contributed by atoms with van der Waals surface area (Å²) in [4.78, 5) is 22.4. The molecule has 0 bridgehead atoms. The first-order valence-electron chi connectivity index (χ1n) is 4.08. The van der Waals surface area contributed by atoms with Crippen molar-refractivity contribution in [2.24, 2.45) is 0 Å². The van der Waals surface area contributed by atoms with Crippen molar-refractivity contribution in [1.29, 1.82) is 0 Å². The molecule has 6 heteroatoms. The highest BCUT2D eigenvalue weighted by molar-refractivity contribution is 5.86. The van der Waals surface area contributed by atoms with Crippen molar-refractivity contribution in [2.75, 3.05) is 20.2 Å². The minimum absolute atomic E-state index is 0.0642. The van der Waals surface area contributed by atoms with E-state index in [1.54, 1.807) is 0 Å². The first-order chi connectivity index (χ1) is 6.57. The van der Waals surface area contributed by atoms with Crippen molar-refractivity contribution in [2.45, 2.75) is 6.10 Å². The number of aliphatic hydroxyl groups is 1. The molecule has 6 nitrogen and oxygen atoms in total. The number of carbonyl (C=O) groups excluding carboxylic acids is 2. The summed E-state index contributed by atoms with van der Waals surface area (Å²) in [6.45, 7) is 3.40. The van der Waals surface area contributed by atoms with Gasteiger partial charge in [-0.25, -0.2) is 14.8 Å². The quantitative estimate of drug-likeness (QED) is 0.602. The topological polar surface area (TPSA) is 70.1 Å². The van der Waals surface area contributed by atoms with Gasteiger partial charge in [0.2, 0.25) is 0 Å². The van der Waals surface area contributed by atoms with Crippen molar-refractivity contribution >= 4 is 12.0 Å². The van der Waals surface area contributed by atoms with E-state index in [0.717, 1.165) is 10.0 Å². The third-order valence-corrected chi connectivity index (χ3v) is 1.85. The predicted molar refractivity (Wildman–Crippen MR) is 47.0 cm³/mol. The van der Waals surface area contributed by atoms with E-state index in [-0.39, 0.29) is 13.2 Å². The van der Waals surface area contributed by atoms with Crippen LogP contribution in [0.3, 0.4) is 0 Å². The molecule has 1 rings (SSSR count). The molecule has 1 heterocycles. The van der Waals surface area contributed by atoms with Crippen LogP contribution in [0.1, 0.15) is 0 Å². The highest BCUT2D eigenvalue weighted by Gasteiger charge is 2.38. The second kappa shape index (κ2) is 4.10. The third kappa shape index (κ3) is 1.85. The fourth-order valence-electron chi connectivity index (χ4n) is 1.10. The summed E-state index contributed by atoms with van der Waals surface area (Å²) in [6, 6.07) is 0. The Morgan fingerprint density at radius 2 is 2.50 bits per heavy atom. The van der Waals surface area contributed by atoms with Gasteiger partial charge in [0.1, 0.15) is 6.61 Å². The van der Waals surface area contributed by atoms with E-state index in [1.165, 1.54) is 13.1 Å². The van der Waals surface area contributed by atoms with Crippen LogP contribution in [0.15, 0.2) is 12.7 Å². The van der Waals surface area contributed by atoms with E-state index >= 15 is 0 Å². The molecule has 0 aromatic heterocycles. The number of β-amino-alcohol motifs (C(OH)–C–C–N with tert-alkyl or cyclic N) is 1. The number of aliphatic hydroxyl groups excluding tert-OH is 1. The largest absolute Gasteiger partial charge is 0.444 e. The lowest BCUT2D eigenvalue weighted by Crippen LogP contribution is -2.40. The van der Waals surface area contributed by atoms with Gasteiger partial charge in [-0.15, -0.1) is 0 Å². The molecule has 78 valence electrons. The van der Waals surface area contributed by atoms with E-state index in [2.05, 4.69) is 6.58 Å². The fourth-order valence-corrected chi connectivity index (χ4v) is 1.10. The van der Waals surface area contributed by atoms with E-state index < -0.39 is 18.1 Å². The molecule has 1 aliphatic heterocycles. The molecule has 2 amide bonds. The summed E-state index contributed by atoms with van der Waals surface area (Å²) in [5.41, 5.74) is 0. The molecular formula is C8H12N2O4. The average Bonchev–Trinajstić information content (AvgIpc) is 2.42. The maximum atomic E-state index is 11.3. The van der Waals surface area contributed by atoms with Gasteiger partial charge < -0.3 is 9.84 Å². The number of hydrogen-bond donors (Lipinski definition) is 1. The number of likely N-dealkylation sites (N-methyl/N-ethyl adjacent to an activating group) is 1. The average molecular weight is 200 g/mol. The number of hydrogen-bond acceptors (Lipinski definition) is 4. The lowest BCUT2D eigenvalue weighted by Gasteiger charge is -2.21. The summed E-state index contributed by atoms with van der Waals surface area (Å²) in [6.07, 6.45) is -0.403. The molecule has 14 heavy (non-hydrogen) atoms. The highest BCUT2D eigenvalue weighted by Crippen LogP contribution is 2.11. The molecule has 0 aromatic carbocycles. The molecule has 0 radical (unpaired) electrons. The summed E-state index contributed by atoms with van der Waals surface area (Å²) in [7, 11) is 1.40. The lowest BCUT2D eigenvalue weighted by atomic mass is 10.4. The monoisotopic (exact) mass is 200 g/mol. The predicted octanol–water partition coefficient (Wildman–Crippen LogP) is -0.641. The second-order valence-electron chi connectivity index (χ2n) is 2.83. The molecule has 0 aliphatic carbocycles. The van der Waals surface area contributed by atoms with E-state index in [9.17, 15) is 9.59 Å². The van der Waals surface area contributed by atoms with Gasteiger partial charge in [0.05, 0.1) is 6.54 Å². The Hall–Kier alpha value is -1.56. The molecule has 1 N–H and O–H groups in total. The molecule has 1 unspecified atom stereocenters. The molecule has 0 saturated carbocycles. The van der Waals surface area contributed by atoms with Gasteiger partial charge in [0, 0.05) is 7.05 Å². The van der Waals surface area contributed by atoms with Crippen LogP contribution in [-0.4, -0.2) is 53.4 Å². The van der Waals surface area contributed by atoms with Crippen LogP contribution in [0.4, 0.5) is 4.79 Å². The number of nitrogens with zero attached hydrogens (tertiary/aromatic N) is 2. The standard InChI is InChI=1S/C8H12N2O4/c1-3-4-14-8(13)10-5-6(11)7(12)9(10)2/h3,6,11H,1,4-5H2,2H3. The third-order valence-electron chi connectivity index (χ3n) is 1.85.